The number of benzene rings is 3. The minimum Gasteiger partial charge on any atom is -0.411 e. The molecule has 0 radical (unpaired) electrons. The van der Waals surface area contributed by atoms with Gasteiger partial charge >= 0.3 is 0 Å². The van der Waals surface area contributed by atoms with E-state index in [2.05, 4.69) is 21.6 Å². The lowest BCUT2D eigenvalue weighted by molar-refractivity contribution is -0.118. The third-order valence-corrected chi connectivity index (χ3v) is 4.88. The number of carbonyl (C=O) groups is 1. The van der Waals surface area contributed by atoms with Crippen LogP contribution in [0.4, 0.5) is 0 Å². The summed E-state index contributed by atoms with van der Waals surface area (Å²) in [6.45, 7) is 0.506. The van der Waals surface area contributed by atoms with Crippen molar-refractivity contribution in [1.82, 2.24) is 15.5 Å². The Balaban J connectivity index is 1.35. The molecule has 0 saturated heterocycles. The number of hydrogen-bond acceptors (Lipinski definition) is 5. The second-order valence-electron chi connectivity index (χ2n) is 5.99. The molecule has 4 aromatic rings. The molecule has 0 aliphatic rings. The van der Waals surface area contributed by atoms with Crippen LogP contribution in [0.25, 0.3) is 22.2 Å². The molecule has 1 amide bonds. The number of amides is 1. The van der Waals surface area contributed by atoms with E-state index in [1.807, 2.05) is 66.7 Å². The lowest BCUT2D eigenvalue weighted by Gasteiger charge is -2.03. The first-order chi connectivity index (χ1) is 13.3. The van der Waals surface area contributed by atoms with Crippen molar-refractivity contribution in [1.29, 1.82) is 0 Å². The van der Waals surface area contributed by atoms with Crippen LogP contribution in [0.2, 0.25) is 0 Å². The second-order valence-corrected chi connectivity index (χ2v) is 6.91. The first kappa shape index (κ1) is 17.3. The van der Waals surface area contributed by atoms with Gasteiger partial charge in [0, 0.05) is 12.1 Å². The highest BCUT2D eigenvalue weighted by atomic mass is 32.2. The Bertz CT molecular complexity index is 1060. The maximum absolute atomic E-state index is 12.0. The van der Waals surface area contributed by atoms with E-state index in [0.29, 0.717) is 17.7 Å². The molecule has 3 aromatic carbocycles. The minimum atomic E-state index is -0.0747. The van der Waals surface area contributed by atoms with Gasteiger partial charge in [0.25, 0.3) is 5.22 Å². The molecule has 4 rings (SSSR count). The molecule has 1 aromatic heterocycles. The van der Waals surface area contributed by atoms with Gasteiger partial charge in [0.1, 0.15) is 0 Å². The highest BCUT2D eigenvalue weighted by Crippen LogP contribution is 2.26. The second kappa shape index (κ2) is 8.05. The average Bonchev–Trinajstić information content (AvgIpc) is 3.20. The molecule has 0 spiro atoms. The molecule has 0 atom stereocenters. The van der Waals surface area contributed by atoms with Crippen molar-refractivity contribution >= 4 is 28.4 Å². The zero-order valence-electron chi connectivity index (χ0n) is 14.5. The number of nitrogens with one attached hydrogen (secondary N) is 1. The SMILES string of the molecule is O=C(CSc1nnc(-c2ccc3ccccc3c2)o1)NCc1ccccc1. The molecule has 1 heterocycles. The maximum Gasteiger partial charge on any atom is 0.277 e. The third kappa shape index (κ3) is 4.35. The number of hydrogen-bond donors (Lipinski definition) is 1. The number of carbonyl (C=O) groups excluding carboxylic acids is 1. The summed E-state index contributed by atoms with van der Waals surface area (Å²) in [6.07, 6.45) is 0. The van der Waals surface area contributed by atoms with E-state index >= 15 is 0 Å². The average molecular weight is 375 g/mol. The van der Waals surface area contributed by atoms with Crippen LogP contribution in [-0.4, -0.2) is 21.9 Å². The molecule has 0 fully saturated rings. The number of fused-ring (bicyclic) bond motifs is 1. The minimum absolute atomic E-state index is 0.0747. The smallest absolute Gasteiger partial charge is 0.277 e. The monoisotopic (exact) mass is 375 g/mol. The van der Waals surface area contributed by atoms with Crippen LogP contribution in [0.3, 0.4) is 0 Å². The quantitative estimate of drug-likeness (QED) is 0.509. The van der Waals surface area contributed by atoms with Gasteiger partial charge in [-0.2, -0.15) is 0 Å². The van der Waals surface area contributed by atoms with E-state index in [4.69, 9.17) is 4.42 Å². The van der Waals surface area contributed by atoms with Crippen LogP contribution >= 0.6 is 11.8 Å². The third-order valence-electron chi connectivity index (χ3n) is 4.06. The zero-order valence-corrected chi connectivity index (χ0v) is 15.3. The van der Waals surface area contributed by atoms with Crippen LogP contribution in [-0.2, 0) is 11.3 Å². The van der Waals surface area contributed by atoms with Gasteiger partial charge in [-0.3, -0.25) is 4.79 Å². The number of nitrogens with zero attached hydrogens (tertiary/aromatic N) is 2. The van der Waals surface area contributed by atoms with E-state index in [9.17, 15) is 4.79 Å². The number of thioether (sulfide) groups is 1. The predicted octanol–water partition coefficient (Wildman–Crippen LogP) is 4.30. The Labute approximate surface area is 160 Å². The fourth-order valence-corrected chi connectivity index (χ4v) is 3.27. The summed E-state index contributed by atoms with van der Waals surface area (Å²) in [5.41, 5.74) is 1.92. The van der Waals surface area contributed by atoms with Crippen molar-refractivity contribution in [2.75, 3.05) is 5.75 Å². The Morgan fingerprint density at radius 3 is 2.56 bits per heavy atom. The lowest BCUT2D eigenvalue weighted by atomic mass is 10.1. The largest absolute Gasteiger partial charge is 0.411 e. The van der Waals surface area contributed by atoms with E-state index < -0.39 is 0 Å². The summed E-state index contributed by atoms with van der Waals surface area (Å²) in [6, 6.07) is 23.9. The van der Waals surface area contributed by atoms with Gasteiger partial charge in [-0.05, 0) is 28.5 Å². The van der Waals surface area contributed by atoms with Crippen LogP contribution in [0, 0.1) is 0 Å². The van der Waals surface area contributed by atoms with Gasteiger partial charge in [-0.25, -0.2) is 0 Å². The van der Waals surface area contributed by atoms with Crippen molar-refractivity contribution in [2.24, 2.45) is 0 Å². The summed E-state index contributed by atoms with van der Waals surface area (Å²) in [7, 11) is 0. The lowest BCUT2D eigenvalue weighted by Crippen LogP contribution is -2.24. The van der Waals surface area contributed by atoms with E-state index in [0.717, 1.165) is 21.9 Å². The van der Waals surface area contributed by atoms with Crippen molar-refractivity contribution in [2.45, 2.75) is 11.8 Å². The summed E-state index contributed by atoms with van der Waals surface area (Å²) in [5.74, 6) is 0.605. The fourth-order valence-electron chi connectivity index (χ4n) is 2.68. The molecule has 0 saturated carbocycles. The molecule has 6 heteroatoms. The normalized spacial score (nSPS) is 10.8. The van der Waals surface area contributed by atoms with Gasteiger partial charge in [0.05, 0.1) is 5.75 Å². The molecule has 134 valence electrons. The van der Waals surface area contributed by atoms with Crippen molar-refractivity contribution in [3.63, 3.8) is 0 Å². The first-order valence-corrected chi connectivity index (χ1v) is 9.52. The topological polar surface area (TPSA) is 68.0 Å². The molecule has 0 aliphatic heterocycles. The van der Waals surface area contributed by atoms with Crippen molar-refractivity contribution in [3.8, 4) is 11.5 Å². The standard InChI is InChI=1S/C21H17N3O2S/c25-19(22-13-15-6-2-1-3-7-15)14-27-21-24-23-20(26-21)18-11-10-16-8-4-5-9-17(16)12-18/h1-12H,13-14H2,(H,22,25). The molecular formula is C21H17N3O2S. The fraction of sp³-hybridized carbons (Fsp3) is 0.0952. The van der Waals surface area contributed by atoms with Crippen LogP contribution in [0.5, 0.6) is 0 Å². The Hall–Kier alpha value is -3.12. The molecule has 1 N–H and O–H groups in total. The molecule has 0 bridgehead atoms. The van der Waals surface area contributed by atoms with Gasteiger partial charge in [0.2, 0.25) is 11.8 Å². The van der Waals surface area contributed by atoms with E-state index in [1.165, 1.54) is 11.8 Å². The Morgan fingerprint density at radius 2 is 1.70 bits per heavy atom. The Morgan fingerprint density at radius 1 is 0.926 bits per heavy atom. The summed E-state index contributed by atoms with van der Waals surface area (Å²) in [4.78, 5) is 12.0. The van der Waals surface area contributed by atoms with Gasteiger partial charge in [-0.1, -0.05) is 72.4 Å². The van der Waals surface area contributed by atoms with Gasteiger partial charge in [0.15, 0.2) is 0 Å². The predicted molar refractivity (Wildman–Crippen MR) is 106 cm³/mol. The van der Waals surface area contributed by atoms with Crippen LogP contribution in [0.15, 0.2) is 82.4 Å². The number of rotatable bonds is 6. The van der Waals surface area contributed by atoms with E-state index in [1.54, 1.807) is 0 Å². The van der Waals surface area contributed by atoms with Crippen molar-refractivity contribution in [3.05, 3.63) is 78.4 Å². The van der Waals surface area contributed by atoms with Gasteiger partial charge in [-0.15, -0.1) is 10.2 Å². The Kier molecular flexibility index (Phi) is 5.16. The maximum atomic E-state index is 12.0. The summed E-state index contributed by atoms with van der Waals surface area (Å²) >= 11 is 1.23. The molecule has 0 aliphatic carbocycles. The molecule has 27 heavy (non-hydrogen) atoms. The van der Waals surface area contributed by atoms with Crippen molar-refractivity contribution < 1.29 is 9.21 Å². The van der Waals surface area contributed by atoms with Crippen LogP contribution < -0.4 is 5.32 Å². The van der Waals surface area contributed by atoms with Gasteiger partial charge < -0.3 is 9.73 Å². The highest BCUT2D eigenvalue weighted by Gasteiger charge is 2.11. The summed E-state index contributed by atoms with van der Waals surface area (Å²) in [5, 5.41) is 13.7. The highest BCUT2D eigenvalue weighted by molar-refractivity contribution is 7.99. The van der Waals surface area contributed by atoms with E-state index in [-0.39, 0.29) is 11.7 Å². The first-order valence-electron chi connectivity index (χ1n) is 8.54. The molecule has 0 unspecified atom stereocenters. The van der Waals surface area contributed by atoms with Crippen LogP contribution in [0.1, 0.15) is 5.56 Å². The summed E-state index contributed by atoms with van der Waals surface area (Å²) < 4.78 is 5.69. The molecule has 5 nitrogen and oxygen atoms in total. The number of aromatic nitrogens is 2. The zero-order chi connectivity index (χ0) is 18.5. The molecular weight excluding hydrogens is 358 g/mol.